The molecular weight excluding hydrogens is 154 g/mol. The molecule has 1 heterocycles. The van der Waals surface area contributed by atoms with Crippen LogP contribution in [0, 0.1) is 6.07 Å². The molecule has 0 unspecified atom stereocenters. The summed E-state index contributed by atoms with van der Waals surface area (Å²) < 4.78 is 0. The van der Waals surface area contributed by atoms with Gasteiger partial charge in [-0.25, -0.2) is 0 Å². The third kappa shape index (κ3) is 1.01. The highest BCUT2D eigenvalue weighted by molar-refractivity contribution is 5.72. The number of benzene rings is 1. The number of hydrogen-bond acceptors (Lipinski definition) is 3. The van der Waals surface area contributed by atoms with Crippen LogP contribution in [-0.2, 0) is 0 Å². The van der Waals surface area contributed by atoms with E-state index in [0.29, 0.717) is 6.61 Å². The summed E-state index contributed by atoms with van der Waals surface area (Å²) in [5.74, 6) is 0. The molecule has 61 valence electrons. The summed E-state index contributed by atoms with van der Waals surface area (Å²) in [6.45, 7) is 2.48. The Labute approximate surface area is 69.7 Å². The van der Waals surface area contributed by atoms with Crippen molar-refractivity contribution in [1.82, 2.24) is 15.2 Å². The van der Waals surface area contributed by atoms with E-state index >= 15 is 0 Å². The van der Waals surface area contributed by atoms with Crippen molar-refractivity contribution in [3.05, 3.63) is 24.3 Å². The van der Waals surface area contributed by atoms with Crippen molar-refractivity contribution in [1.29, 1.82) is 0 Å². The van der Waals surface area contributed by atoms with Gasteiger partial charge in [0, 0.05) is 6.07 Å². The fraction of sp³-hybridized carbons (Fsp3) is 0.250. The van der Waals surface area contributed by atoms with Crippen LogP contribution in [0.2, 0.25) is 0 Å². The second-order valence-corrected chi connectivity index (χ2v) is 2.28. The van der Waals surface area contributed by atoms with Gasteiger partial charge in [0.1, 0.15) is 17.6 Å². The summed E-state index contributed by atoms with van der Waals surface area (Å²) >= 11 is 0. The lowest BCUT2D eigenvalue weighted by molar-refractivity contribution is 0.0979. The number of nitrogens with zero attached hydrogens (tertiary/aromatic N) is 3. The first-order chi connectivity index (χ1) is 5.92. The number of fused-ring (bicyclic) bond motifs is 1. The molecule has 0 saturated heterocycles. The predicted octanol–water partition coefficient (Wildman–Crippen LogP) is 0.680. The Kier molecular flexibility index (Phi) is 1.66. The fourth-order valence-electron chi connectivity index (χ4n) is 1.00. The molecule has 0 aliphatic heterocycles. The van der Waals surface area contributed by atoms with Crippen LogP contribution in [0.1, 0.15) is 6.92 Å². The molecule has 1 aromatic carbocycles. The van der Waals surface area contributed by atoms with Gasteiger partial charge in [-0.05, 0) is 18.2 Å². The zero-order chi connectivity index (χ0) is 8.39. The zero-order valence-corrected chi connectivity index (χ0v) is 6.69. The molecule has 0 atom stereocenters. The molecule has 2 aromatic rings. The summed E-state index contributed by atoms with van der Waals surface area (Å²) in [5.41, 5.74) is 1.57. The molecular formula is C8H8N3O. The van der Waals surface area contributed by atoms with Crippen LogP contribution in [0.15, 0.2) is 18.2 Å². The first kappa shape index (κ1) is 7.09. The predicted molar refractivity (Wildman–Crippen MR) is 43.5 cm³/mol. The van der Waals surface area contributed by atoms with Crippen LogP contribution in [0.4, 0.5) is 0 Å². The van der Waals surface area contributed by atoms with Crippen molar-refractivity contribution in [3.63, 3.8) is 0 Å². The van der Waals surface area contributed by atoms with Crippen LogP contribution in [0.25, 0.3) is 11.0 Å². The van der Waals surface area contributed by atoms with Gasteiger partial charge in [0.05, 0.1) is 0 Å². The summed E-state index contributed by atoms with van der Waals surface area (Å²) in [4.78, 5) is 6.59. The molecule has 4 nitrogen and oxygen atoms in total. The average molecular weight is 162 g/mol. The minimum atomic E-state index is 0.577. The molecule has 0 spiro atoms. The molecule has 1 aromatic heterocycles. The van der Waals surface area contributed by atoms with E-state index in [9.17, 15) is 0 Å². The quantitative estimate of drug-likeness (QED) is 0.652. The Morgan fingerprint density at radius 1 is 1.67 bits per heavy atom. The van der Waals surface area contributed by atoms with E-state index in [1.165, 1.54) is 4.85 Å². The van der Waals surface area contributed by atoms with E-state index in [4.69, 9.17) is 4.84 Å². The van der Waals surface area contributed by atoms with Crippen molar-refractivity contribution in [2.75, 3.05) is 6.61 Å². The van der Waals surface area contributed by atoms with E-state index in [1.54, 1.807) is 6.07 Å². The molecule has 1 radical (unpaired) electrons. The van der Waals surface area contributed by atoms with Gasteiger partial charge < -0.3 is 4.84 Å². The Morgan fingerprint density at radius 3 is 3.42 bits per heavy atom. The summed E-state index contributed by atoms with van der Waals surface area (Å²) in [7, 11) is 0. The molecule has 4 heteroatoms. The lowest BCUT2D eigenvalue weighted by atomic mass is 10.3. The molecule has 0 N–H and O–H groups in total. The number of rotatable bonds is 2. The van der Waals surface area contributed by atoms with E-state index in [-0.39, 0.29) is 0 Å². The highest BCUT2D eigenvalue weighted by Crippen LogP contribution is 2.06. The Bertz CT molecular complexity index is 382. The summed E-state index contributed by atoms with van der Waals surface area (Å²) in [6.07, 6.45) is 0. The molecule has 0 aliphatic rings. The van der Waals surface area contributed by atoms with Crippen LogP contribution < -0.4 is 4.84 Å². The van der Waals surface area contributed by atoms with Gasteiger partial charge in [-0.3, -0.25) is 0 Å². The maximum atomic E-state index is 5.18. The van der Waals surface area contributed by atoms with Crippen LogP contribution in [0.5, 0.6) is 0 Å². The van der Waals surface area contributed by atoms with Crippen LogP contribution in [0.3, 0.4) is 0 Å². The topological polar surface area (TPSA) is 39.9 Å². The van der Waals surface area contributed by atoms with E-state index in [0.717, 1.165) is 11.0 Å². The summed E-state index contributed by atoms with van der Waals surface area (Å²) in [5, 5.41) is 7.67. The Morgan fingerprint density at radius 2 is 2.58 bits per heavy atom. The van der Waals surface area contributed by atoms with Gasteiger partial charge in [0.2, 0.25) is 0 Å². The highest BCUT2D eigenvalue weighted by Gasteiger charge is 2.01. The van der Waals surface area contributed by atoms with Gasteiger partial charge in [-0.15, -0.1) is 5.10 Å². The molecule has 0 amide bonds. The van der Waals surface area contributed by atoms with Crippen LogP contribution in [-0.4, -0.2) is 21.8 Å². The maximum absolute atomic E-state index is 5.18. The molecule has 0 fully saturated rings. The highest BCUT2D eigenvalue weighted by atomic mass is 16.7. The maximum Gasteiger partial charge on any atom is 0.131 e. The first-order valence-electron chi connectivity index (χ1n) is 3.77. The SMILES string of the molecule is CCOn1nnc2[c]cccc21. The fourth-order valence-corrected chi connectivity index (χ4v) is 1.00. The molecule has 0 aliphatic carbocycles. The number of hydrogen-bond donors (Lipinski definition) is 0. The molecule has 0 bridgehead atoms. The van der Waals surface area contributed by atoms with E-state index in [2.05, 4.69) is 16.4 Å². The van der Waals surface area contributed by atoms with Crippen molar-refractivity contribution in [2.24, 2.45) is 0 Å². The van der Waals surface area contributed by atoms with Crippen molar-refractivity contribution in [2.45, 2.75) is 6.92 Å². The third-order valence-electron chi connectivity index (χ3n) is 1.50. The van der Waals surface area contributed by atoms with Gasteiger partial charge in [0.25, 0.3) is 0 Å². The Balaban J connectivity index is 2.55. The number of aromatic nitrogens is 3. The second-order valence-electron chi connectivity index (χ2n) is 2.28. The average Bonchev–Trinajstić information content (AvgIpc) is 2.50. The first-order valence-corrected chi connectivity index (χ1v) is 3.77. The largest absolute Gasteiger partial charge is 0.395 e. The molecule has 0 saturated carbocycles. The minimum absolute atomic E-state index is 0.577. The zero-order valence-electron chi connectivity index (χ0n) is 6.69. The lowest BCUT2D eigenvalue weighted by Crippen LogP contribution is -2.11. The van der Waals surface area contributed by atoms with Gasteiger partial charge >= 0.3 is 0 Å². The van der Waals surface area contributed by atoms with Crippen molar-refractivity contribution in [3.8, 4) is 0 Å². The van der Waals surface area contributed by atoms with Crippen molar-refractivity contribution >= 4 is 11.0 Å². The minimum Gasteiger partial charge on any atom is -0.395 e. The monoisotopic (exact) mass is 162 g/mol. The normalized spacial score (nSPS) is 10.4. The Hall–Kier alpha value is -1.58. The second kappa shape index (κ2) is 2.81. The van der Waals surface area contributed by atoms with Gasteiger partial charge in [-0.2, -0.15) is 0 Å². The van der Waals surface area contributed by atoms with Crippen molar-refractivity contribution < 1.29 is 4.84 Å². The smallest absolute Gasteiger partial charge is 0.131 e. The van der Waals surface area contributed by atoms with E-state index in [1.807, 2.05) is 19.1 Å². The molecule has 2 rings (SSSR count). The standard InChI is InChI=1S/C8H8N3O/c1-2-12-11-8-6-4-3-5-7(8)9-10-11/h3-4,6H,2H2,1H3. The van der Waals surface area contributed by atoms with E-state index < -0.39 is 0 Å². The summed E-state index contributed by atoms with van der Waals surface area (Å²) in [6, 6.07) is 8.52. The van der Waals surface area contributed by atoms with Gasteiger partial charge in [0.15, 0.2) is 0 Å². The lowest BCUT2D eigenvalue weighted by Gasteiger charge is -1.99. The third-order valence-corrected chi connectivity index (χ3v) is 1.50. The van der Waals surface area contributed by atoms with Crippen LogP contribution >= 0.6 is 0 Å². The van der Waals surface area contributed by atoms with Gasteiger partial charge in [-0.1, -0.05) is 17.0 Å². The molecule has 12 heavy (non-hydrogen) atoms.